The number of non-ortho nitro benzene ring substituents is 1. The summed E-state index contributed by atoms with van der Waals surface area (Å²) in [6, 6.07) is 8.12. The number of amides is 1. The summed E-state index contributed by atoms with van der Waals surface area (Å²) >= 11 is 0. The second kappa shape index (κ2) is 8.04. The average molecular weight is 394 g/mol. The quantitative estimate of drug-likeness (QED) is 0.562. The molecule has 9 nitrogen and oxygen atoms in total. The molecule has 0 unspecified atom stereocenters. The third kappa shape index (κ3) is 4.94. The molecule has 0 aliphatic rings. The second-order valence-corrected chi connectivity index (χ2v) is 7.63. The Morgan fingerprint density at radius 1 is 1.11 bits per heavy atom. The number of rotatable bonds is 7. The number of hydrogen-bond acceptors (Lipinski definition) is 7. The standard InChI is InChI=1S/C17H18N2O7S/c1-25-15-5-4-11(6-16(15)26-2)10-18-17(20)12-7-13(19(21)22)9-14(8-12)27(3,23)24/h4-9H,10H2,1-3H3,(H,18,20). The van der Waals surface area contributed by atoms with E-state index < -0.39 is 26.4 Å². The molecule has 0 spiro atoms. The maximum Gasteiger partial charge on any atom is 0.271 e. The molecule has 0 fully saturated rings. The maximum absolute atomic E-state index is 12.4. The zero-order valence-corrected chi connectivity index (χ0v) is 15.7. The molecule has 0 saturated carbocycles. The summed E-state index contributed by atoms with van der Waals surface area (Å²) in [5.41, 5.74) is 0.106. The van der Waals surface area contributed by atoms with Gasteiger partial charge in [-0.3, -0.25) is 14.9 Å². The van der Waals surface area contributed by atoms with Crippen LogP contribution < -0.4 is 14.8 Å². The monoisotopic (exact) mass is 394 g/mol. The highest BCUT2D eigenvalue weighted by Gasteiger charge is 2.19. The van der Waals surface area contributed by atoms with Crippen LogP contribution in [0.2, 0.25) is 0 Å². The van der Waals surface area contributed by atoms with Gasteiger partial charge in [0, 0.05) is 30.5 Å². The Balaban J connectivity index is 2.25. The van der Waals surface area contributed by atoms with Crippen molar-refractivity contribution in [3.05, 3.63) is 57.6 Å². The molecule has 0 bridgehead atoms. The molecule has 0 aliphatic carbocycles. The van der Waals surface area contributed by atoms with Crippen molar-refractivity contribution in [1.29, 1.82) is 0 Å². The van der Waals surface area contributed by atoms with E-state index in [9.17, 15) is 23.3 Å². The van der Waals surface area contributed by atoms with Crippen molar-refractivity contribution in [3.63, 3.8) is 0 Å². The number of nitrogens with zero attached hydrogens (tertiary/aromatic N) is 1. The summed E-state index contributed by atoms with van der Waals surface area (Å²) in [5, 5.41) is 13.6. The molecule has 0 radical (unpaired) electrons. The minimum Gasteiger partial charge on any atom is -0.493 e. The SMILES string of the molecule is COc1ccc(CNC(=O)c2cc([N+](=O)[O-])cc(S(C)(=O)=O)c2)cc1OC. The van der Waals surface area contributed by atoms with E-state index in [1.54, 1.807) is 18.2 Å². The number of nitro groups is 1. The number of methoxy groups -OCH3 is 2. The molecule has 2 rings (SSSR count). The number of nitrogens with one attached hydrogen (secondary N) is 1. The Morgan fingerprint density at radius 3 is 2.33 bits per heavy atom. The van der Waals surface area contributed by atoms with E-state index in [4.69, 9.17) is 9.47 Å². The number of hydrogen-bond donors (Lipinski definition) is 1. The van der Waals surface area contributed by atoms with Crippen molar-refractivity contribution in [3.8, 4) is 11.5 Å². The lowest BCUT2D eigenvalue weighted by atomic mass is 10.1. The molecule has 1 N–H and O–H groups in total. The van der Waals surface area contributed by atoms with Crippen LogP contribution in [0.25, 0.3) is 0 Å². The molecule has 0 heterocycles. The highest BCUT2D eigenvalue weighted by Crippen LogP contribution is 2.27. The summed E-state index contributed by atoms with van der Waals surface area (Å²) in [5.74, 6) is 0.376. The van der Waals surface area contributed by atoms with E-state index in [0.717, 1.165) is 24.5 Å². The van der Waals surface area contributed by atoms with Crippen molar-refractivity contribution in [2.24, 2.45) is 0 Å². The van der Waals surface area contributed by atoms with Gasteiger partial charge >= 0.3 is 0 Å². The van der Waals surface area contributed by atoms with Crippen LogP contribution in [0, 0.1) is 10.1 Å². The van der Waals surface area contributed by atoms with Crippen molar-refractivity contribution in [2.75, 3.05) is 20.5 Å². The number of nitro benzene ring substituents is 1. The molecule has 0 atom stereocenters. The van der Waals surface area contributed by atoms with Gasteiger partial charge in [0.2, 0.25) is 0 Å². The van der Waals surface area contributed by atoms with Gasteiger partial charge in [0.25, 0.3) is 11.6 Å². The molecule has 1 amide bonds. The molecule has 0 aromatic heterocycles. The number of carbonyl (C=O) groups is 1. The fourth-order valence-corrected chi connectivity index (χ4v) is 2.98. The van der Waals surface area contributed by atoms with E-state index in [0.29, 0.717) is 17.1 Å². The first-order valence-corrected chi connectivity index (χ1v) is 9.53. The predicted octanol–water partition coefficient (Wildman–Crippen LogP) is 1.95. The van der Waals surface area contributed by atoms with E-state index in [1.807, 2.05) is 0 Å². The summed E-state index contributed by atoms with van der Waals surface area (Å²) in [4.78, 5) is 22.3. The van der Waals surface area contributed by atoms with Gasteiger partial charge in [0.15, 0.2) is 21.3 Å². The first-order valence-electron chi connectivity index (χ1n) is 7.64. The van der Waals surface area contributed by atoms with Crippen LogP contribution in [0.5, 0.6) is 11.5 Å². The van der Waals surface area contributed by atoms with Gasteiger partial charge in [-0.2, -0.15) is 0 Å². The third-order valence-corrected chi connectivity index (χ3v) is 4.79. The smallest absolute Gasteiger partial charge is 0.271 e. The van der Waals surface area contributed by atoms with Crippen LogP contribution in [0.1, 0.15) is 15.9 Å². The summed E-state index contributed by atoms with van der Waals surface area (Å²) in [7, 11) is -0.730. The van der Waals surface area contributed by atoms with Gasteiger partial charge in [0.05, 0.1) is 24.0 Å². The largest absolute Gasteiger partial charge is 0.493 e. The van der Waals surface area contributed by atoms with Gasteiger partial charge < -0.3 is 14.8 Å². The maximum atomic E-state index is 12.4. The Kier molecular flexibility index (Phi) is 6.01. The van der Waals surface area contributed by atoms with Gasteiger partial charge in [-0.25, -0.2) is 8.42 Å². The highest BCUT2D eigenvalue weighted by molar-refractivity contribution is 7.90. The molecular formula is C17H18N2O7S. The number of ether oxygens (including phenoxy) is 2. The molecule has 144 valence electrons. The van der Waals surface area contributed by atoms with Crippen LogP contribution in [0.15, 0.2) is 41.3 Å². The molecule has 2 aromatic rings. The summed E-state index contributed by atoms with van der Waals surface area (Å²) < 4.78 is 33.7. The van der Waals surface area contributed by atoms with Crippen LogP contribution in [-0.2, 0) is 16.4 Å². The van der Waals surface area contributed by atoms with Crippen molar-refractivity contribution >= 4 is 21.4 Å². The summed E-state index contributed by atoms with van der Waals surface area (Å²) in [6.07, 6.45) is 0.914. The molecule has 0 saturated heterocycles. The Morgan fingerprint density at radius 2 is 1.78 bits per heavy atom. The van der Waals surface area contributed by atoms with Gasteiger partial charge in [-0.15, -0.1) is 0 Å². The Labute approximate surface area is 156 Å². The molecular weight excluding hydrogens is 376 g/mol. The van der Waals surface area contributed by atoms with Crippen LogP contribution in [0.3, 0.4) is 0 Å². The van der Waals surface area contributed by atoms with Crippen molar-refractivity contribution < 1.29 is 27.6 Å². The highest BCUT2D eigenvalue weighted by atomic mass is 32.2. The van der Waals surface area contributed by atoms with Crippen LogP contribution in [0.4, 0.5) is 5.69 Å². The van der Waals surface area contributed by atoms with Gasteiger partial charge in [0.1, 0.15) is 0 Å². The topological polar surface area (TPSA) is 125 Å². The first kappa shape index (κ1) is 20.2. The van der Waals surface area contributed by atoms with E-state index in [2.05, 4.69) is 5.32 Å². The summed E-state index contributed by atoms with van der Waals surface area (Å²) in [6.45, 7) is 0.107. The molecule has 2 aromatic carbocycles. The van der Waals surface area contributed by atoms with Gasteiger partial charge in [-0.05, 0) is 23.8 Å². The predicted molar refractivity (Wildman–Crippen MR) is 96.9 cm³/mol. The van der Waals surface area contributed by atoms with Crippen LogP contribution in [-0.4, -0.2) is 39.7 Å². The molecule has 0 aliphatic heterocycles. The first-order chi connectivity index (χ1) is 12.7. The normalized spacial score (nSPS) is 10.9. The Bertz CT molecular complexity index is 987. The lowest BCUT2D eigenvalue weighted by Gasteiger charge is -2.11. The molecule has 27 heavy (non-hydrogen) atoms. The van der Waals surface area contributed by atoms with Crippen molar-refractivity contribution in [1.82, 2.24) is 5.32 Å². The van der Waals surface area contributed by atoms with E-state index >= 15 is 0 Å². The zero-order valence-electron chi connectivity index (χ0n) is 14.9. The van der Waals surface area contributed by atoms with Crippen molar-refractivity contribution in [2.45, 2.75) is 11.4 Å². The fraction of sp³-hybridized carbons (Fsp3) is 0.235. The molecule has 10 heteroatoms. The minimum atomic E-state index is -3.71. The fourth-order valence-electron chi connectivity index (χ4n) is 2.31. The zero-order chi connectivity index (χ0) is 20.2. The van der Waals surface area contributed by atoms with E-state index in [1.165, 1.54) is 14.2 Å². The number of benzene rings is 2. The minimum absolute atomic E-state index is 0.107. The lowest BCUT2D eigenvalue weighted by molar-refractivity contribution is -0.385. The third-order valence-electron chi connectivity index (χ3n) is 3.69. The number of sulfone groups is 1. The Hall–Kier alpha value is -3.14. The van der Waals surface area contributed by atoms with Crippen LogP contribution >= 0.6 is 0 Å². The van der Waals surface area contributed by atoms with Gasteiger partial charge in [-0.1, -0.05) is 6.07 Å². The number of carbonyl (C=O) groups excluding carboxylic acids is 1. The second-order valence-electron chi connectivity index (χ2n) is 5.62. The average Bonchev–Trinajstić information content (AvgIpc) is 2.64. The van der Waals surface area contributed by atoms with E-state index in [-0.39, 0.29) is 17.0 Å². The lowest BCUT2D eigenvalue weighted by Crippen LogP contribution is -2.23.